The molecule has 2 aromatic rings. The SMILES string of the molecule is C=CC(C)(CC)c1cnc(-c2ncc(C(C)(C)CC)s2)s1. The Hall–Kier alpha value is -1.00. The first kappa shape index (κ1) is 16.4. The second-order valence-electron chi connectivity index (χ2n) is 6.27. The Balaban J connectivity index is 2.33. The fourth-order valence-corrected chi connectivity index (χ4v) is 4.17. The third-order valence-corrected chi connectivity index (χ3v) is 7.28. The largest absolute Gasteiger partial charge is 0.242 e. The molecule has 114 valence electrons. The van der Waals surface area contributed by atoms with Crippen LogP contribution in [0, 0.1) is 0 Å². The third kappa shape index (κ3) is 3.11. The number of hydrogen-bond acceptors (Lipinski definition) is 4. The summed E-state index contributed by atoms with van der Waals surface area (Å²) in [6.07, 6.45) is 8.16. The smallest absolute Gasteiger partial charge is 0.152 e. The number of hydrogen-bond donors (Lipinski definition) is 0. The van der Waals surface area contributed by atoms with Gasteiger partial charge < -0.3 is 0 Å². The molecule has 0 radical (unpaired) electrons. The summed E-state index contributed by atoms with van der Waals surface area (Å²) in [5, 5.41) is 2.06. The lowest BCUT2D eigenvalue weighted by molar-refractivity contribution is 0.516. The van der Waals surface area contributed by atoms with E-state index in [1.807, 2.05) is 18.5 Å². The van der Waals surface area contributed by atoms with Gasteiger partial charge in [-0.2, -0.15) is 0 Å². The number of allylic oxidation sites excluding steroid dienone is 1. The van der Waals surface area contributed by atoms with E-state index >= 15 is 0 Å². The predicted octanol–water partition coefficient (Wildman–Crippen LogP) is 5.81. The highest BCUT2D eigenvalue weighted by Crippen LogP contribution is 2.39. The predicted molar refractivity (Wildman–Crippen MR) is 94.4 cm³/mol. The first-order valence-corrected chi connectivity index (χ1v) is 9.06. The minimum absolute atomic E-state index is 0.0126. The number of nitrogens with zero attached hydrogens (tertiary/aromatic N) is 2. The molecule has 2 heterocycles. The van der Waals surface area contributed by atoms with E-state index in [4.69, 9.17) is 0 Å². The molecule has 1 unspecified atom stereocenters. The summed E-state index contributed by atoms with van der Waals surface area (Å²) in [6, 6.07) is 0. The second kappa shape index (κ2) is 6.01. The number of thiazole rings is 2. The quantitative estimate of drug-likeness (QED) is 0.628. The maximum Gasteiger partial charge on any atom is 0.152 e. The average Bonchev–Trinajstić information content (AvgIpc) is 3.15. The van der Waals surface area contributed by atoms with Crippen LogP contribution in [0.15, 0.2) is 25.0 Å². The Morgan fingerprint density at radius 3 is 2.00 bits per heavy atom. The summed E-state index contributed by atoms with van der Waals surface area (Å²) in [5.41, 5.74) is 0.202. The molecule has 0 aliphatic rings. The molecule has 2 aromatic heterocycles. The highest BCUT2D eigenvalue weighted by Gasteiger charge is 2.25. The van der Waals surface area contributed by atoms with Crippen molar-refractivity contribution >= 4 is 22.7 Å². The zero-order chi connectivity index (χ0) is 15.7. The molecule has 0 saturated heterocycles. The van der Waals surface area contributed by atoms with Crippen LogP contribution in [-0.4, -0.2) is 9.97 Å². The standard InChI is InChI=1S/C17H24N2S2/c1-7-16(4,5)12-10-18-14(20-12)15-19-11-13(21-15)17(6,8-2)9-3/h8,10-11H,2,7,9H2,1,3-6H3. The summed E-state index contributed by atoms with van der Waals surface area (Å²) in [4.78, 5) is 11.8. The van der Waals surface area contributed by atoms with Crippen molar-refractivity contribution in [2.45, 2.75) is 58.3 Å². The van der Waals surface area contributed by atoms with Crippen LogP contribution in [0.5, 0.6) is 0 Å². The van der Waals surface area contributed by atoms with Crippen LogP contribution < -0.4 is 0 Å². The Morgan fingerprint density at radius 2 is 1.52 bits per heavy atom. The molecule has 0 aliphatic heterocycles. The first-order valence-electron chi connectivity index (χ1n) is 7.43. The lowest BCUT2D eigenvalue weighted by atomic mass is 9.87. The molecule has 2 nitrogen and oxygen atoms in total. The van der Waals surface area contributed by atoms with Gasteiger partial charge in [0.1, 0.15) is 0 Å². The Bertz CT molecular complexity index is 624. The Kier molecular flexibility index (Phi) is 4.69. The van der Waals surface area contributed by atoms with Gasteiger partial charge in [-0.3, -0.25) is 0 Å². The molecule has 4 heteroatoms. The molecule has 0 aliphatic carbocycles. The van der Waals surface area contributed by atoms with Crippen molar-refractivity contribution in [3.8, 4) is 10.0 Å². The van der Waals surface area contributed by atoms with E-state index in [1.165, 1.54) is 9.75 Å². The molecule has 0 N–H and O–H groups in total. The van der Waals surface area contributed by atoms with Crippen LogP contribution in [-0.2, 0) is 10.8 Å². The minimum Gasteiger partial charge on any atom is -0.242 e. The molecule has 0 fully saturated rings. The molecule has 0 amide bonds. The topological polar surface area (TPSA) is 25.8 Å². The van der Waals surface area contributed by atoms with Gasteiger partial charge in [-0.05, 0) is 12.8 Å². The van der Waals surface area contributed by atoms with Crippen molar-refractivity contribution in [2.75, 3.05) is 0 Å². The maximum atomic E-state index is 4.59. The van der Waals surface area contributed by atoms with Crippen molar-refractivity contribution in [2.24, 2.45) is 0 Å². The fraction of sp³-hybridized carbons (Fsp3) is 0.529. The summed E-state index contributed by atoms with van der Waals surface area (Å²) >= 11 is 3.51. The van der Waals surface area contributed by atoms with Gasteiger partial charge in [0.25, 0.3) is 0 Å². The van der Waals surface area contributed by atoms with Gasteiger partial charge in [-0.1, -0.05) is 40.7 Å². The summed E-state index contributed by atoms with van der Waals surface area (Å²) < 4.78 is 0. The zero-order valence-corrected chi connectivity index (χ0v) is 15.2. The molecule has 1 atom stereocenters. The van der Waals surface area contributed by atoms with Gasteiger partial charge in [0.05, 0.1) is 0 Å². The molecular weight excluding hydrogens is 296 g/mol. The van der Waals surface area contributed by atoms with E-state index in [9.17, 15) is 0 Å². The summed E-state index contributed by atoms with van der Waals surface area (Å²) in [7, 11) is 0. The van der Waals surface area contributed by atoms with Gasteiger partial charge in [-0.25, -0.2) is 9.97 Å². The van der Waals surface area contributed by atoms with Crippen LogP contribution >= 0.6 is 22.7 Å². The van der Waals surface area contributed by atoms with Crippen LogP contribution in [0.2, 0.25) is 0 Å². The van der Waals surface area contributed by atoms with Gasteiger partial charge in [-0.15, -0.1) is 29.3 Å². The van der Waals surface area contributed by atoms with E-state index in [0.717, 1.165) is 22.9 Å². The van der Waals surface area contributed by atoms with E-state index in [1.54, 1.807) is 22.7 Å². The van der Waals surface area contributed by atoms with Crippen molar-refractivity contribution in [1.29, 1.82) is 0 Å². The molecule has 0 saturated carbocycles. The molecule has 21 heavy (non-hydrogen) atoms. The van der Waals surface area contributed by atoms with Crippen molar-refractivity contribution < 1.29 is 0 Å². The summed E-state index contributed by atoms with van der Waals surface area (Å²) in [5.74, 6) is 0. The van der Waals surface area contributed by atoms with E-state index in [-0.39, 0.29) is 10.8 Å². The zero-order valence-electron chi connectivity index (χ0n) is 13.6. The molecule has 2 rings (SSSR count). The first-order chi connectivity index (χ1) is 9.86. The van der Waals surface area contributed by atoms with Crippen LogP contribution in [0.4, 0.5) is 0 Å². The number of aromatic nitrogens is 2. The van der Waals surface area contributed by atoms with Crippen molar-refractivity contribution in [3.63, 3.8) is 0 Å². The second-order valence-corrected chi connectivity index (χ2v) is 8.33. The van der Waals surface area contributed by atoms with Gasteiger partial charge in [0, 0.05) is 33.0 Å². The van der Waals surface area contributed by atoms with E-state index in [2.05, 4.69) is 51.2 Å². The molecule has 0 aromatic carbocycles. The van der Waals surface area contributed by atoms with Crippen LogP contribution in [0.1, 0.15) is 57.2 Å². The van der Waals surface area contributed by atoms with E-state index < -0.39 is 0 Å². The van der Waals surface area contributed by atoms with Gasteiger partial charge in [0.15, 0.2) is 10.0 Å². The van der Waals surface area contributed by atoms with Gasteiger partial charge in [0.2, 0.25) is 0 Å². The normalized spacial score (nSPS) is 14.9. The molecule has 0 bridgehead atoms. The Morgan fingerprint density at radius 1 is 1.00 bits per heavy atom. The maximum absolute atomic E-state index is 4.59. The lowest BCUT2D eigenvalue weighted by Gasteiger charge is -2.21. The summed E-state index contributed by atoms with van der Waals surface area (Å²) in [6.45, 7) is 15.1. The highest BCUT2D eigenvalue weighted by molar-refractivity contribution is 7.21. The Labute approximate surface area is 136 Å². The molecule has 0 spiro atoms. The fourth-order valence-electron chi connectivity index (χ4n) is 1.92. The van der Waals surface area contributed by atoms with Crippen molar-refractivity contribution in [1.82, 2.24) is 9.97 Å². The monoisotopic (exact) mass is 320 g/mol. The molecular formula is C17H24N2S2. The lowest BCUT2D eigenvalue weighted by Crippen LogP contribution is -2.14. The third-order valence-electron chi connectivity index (χ3n) is 4.49. The van der Waals surface area contributed by atoms with Crippen molar-refractivity contribution in [3.05, 3.63) is 34.8 Å². The average molecular weight is 321 g/mol. The highest BCUT2D eigenvalue weighted by atomic mass is 32.1. The minimum atomic E-state index is 0.0126. The van der Waals surface area contributed by atoms with Crippen LogP contribution in [0.3, 0.4) is 0 Å². The van der Waals surface area contributed by atoms with Crippen LogP contribution in [0.25, 0.3) is 10.0 Å². The van der Waals surface area contributed by atoms with E-state index in [0.29, 0.717) is 0 Å². The number of rotatable bonds is 6. The van der Waals surface area contributed by atoms with Gasteiger partial charge >= 0.3 is 0 Å².